The van der Waals surface area contributed by atoms with Crippen LogP contribution >= 0.6 is 0 Å². The molecule has 0 amide bonds. The Labute approximate surface area is 74.8 Å². The van der Waals surface area contributed by atoms with Gasteiger partial charge in [0.05, 0.1) is 0 Å². The van der Waals surface area contributed by atoms with Gasteiger partial charge in [-0.1, -0.05) is 6.92 Å². The maximum absolute atomic E-state index is 4.50. The van der Waals surface area contributed by atoms with Crippen LogP contribution in [0.25, 0.3) is 0 Å². The fourth-order valence-electron chi connectivity index (χ4n) is 1.73. The summed E-state index contributed by atoms with van der Waals surface area (Å²) in [4.78, 5) is 8.75. The SMILES string of the molecule is CCN=C1CCC(=NC)CC1C. The van der Waals surface area contributed by atoms with E-state index in [1.54, 1.807) is 0 Å². The predicted molar refractivity (Wildman–Crippen MR) is 54.4 cm³/mol. The molecule has 0 spiro atoms. The van der Waals surface area contributed by atoms with Crippen molar-refractivity contribution in [3.63, 3.8) is 0 Å². The standard InChI is InChI=1S/C10H18N2/c1-4-12-10-6-5-9(11-3)7-8(10)2/h8H,4-7H2,1-3H3. The van der Waals surface area contributed by atoms with Crippen molar-refractivity contribution in [3.05, 3.63) is 0 Å². The van der Waals surface area contributed by atoms with E-state index >= 15 is 0 Å². The summed E-state index contributed by atoms with van der Waals surface area (Å²) in [6, 6.07) is 0. The molecule has 1 aliphatic rings. The van der Waals surface area contributed by atoms with Crippen LogP contribution in [-0.2, 0) is 0 Å². The fourth-order valence-corrected chi connectivity index (χ4v) is 1.73. The molecule has 1 rings (SSSR count). The van der Waals surface area contributed by atoms with Gasteiger partial charge in [-0.3, -0.25) is 9.98 Å². The Kier molecular flexibility index (Phi) is 3.45. The number of rotatable bonds is 1. The second-order valence-electron chi connectivity index (χ2n) is 3.36. The van der Waals surface area contributed by atoms with Gasteiger partial charge in [-0.2, -0.15) is 0 Å². The molecule has 0 saturated heterocycles. The van der Waals surface area contributed by atoms with Crippen LogP contribution in [0.4, 0.5) is 0 Å². The molecule has 0 N–H and O–H groups in total. The maximum Gasteiger partial charge on any atom is 0.0360 e. The van der Waals surface area contributed by atoms with Gasteiger partial charge in [0.2, 0.25) is 0 Å². The van der Waals surface area contributed by atoms with E-state index in [4.69, 9.17) is 0 Å². The van der Waals surface area contributed by atoms with E-state index in [9.17, 15) is 0 Å². The molecule has 0 radical (unpaired) electrons. The Morgan fingerprint density at radius 3 is 2.67 bits per heavy atom. The highest BCUT2D eigenvalue weighted by Crippen LogP contribution is 2.19. The first-order chi connectivity index (χ1) is 5.77. The quantitative estimate of drug-likeness (QED) is 0.571. The Morgan fingerprint density at radius 1 is 1.42 bits per heavy atom. The molecular weight excluding hydrogens is 148 g/mol. The number of aliphatic imine (C=N–C) groups is 2. The van der Waals surface area contributed by atoms with E-state index in [2.05, 4.69) is 23.8 Å². The van der Waals surface area contributed by atoms with Crippen LogP contribution in [0.15, 0.2) is 9.98 Å². The van der Waals surface area contributed by atoms with Crippen LogP contribution in [0.3, 0.4) is 0 Å². The summed E-state index contributed by atoms with van der Waals surface area (Å²) in [7, 11) is 1.89. The van der Waals surface area contributed by atoms with Gasteiger partial charge >= 0.3 is 0 Å². The van der Waals surface area contributed by atoms with Gasteiger partial charge in [-0.05, 0) is 32.1 Å². The predicted octanol–water partition coefficient (Wildman–Crippen LogP) is 2.34. The van der Waals surface area contributed by atoms with Crippen molar-refractivity contribution in [2.75, 3.05) is 13.6 Å². The topological polar surface area (TPSA) is 24.7 Å². The van der Waals surface area contributed by atoms with Crippen molar-refractivity contribution in [2.45, 2.75) is 33.1 Å². The van der Waals surface area contributed by atoms with Gasteiger partial charge in [-0.25, -0.2) is 0 Å². The lowest BCUT2D eigenvalue weighted by Gasteiger charge is -2.21. The number of nitrogens with zero attached hydrogens (tertiary/aromatic N) is 2. The summed E-state index contributed by atoms with van der Waals surface area (Å²) >= 11 is 0. The minimum atomic E-state index is 0.623. The Hall–Kier alpha value is -0.660. The molecule has 0 aromatic heterocycles. The molecule has 68 valence electrons. The van der Waals surface area contributed by atoms with Crippen LogP contribution in [0.5, 0.6) is 0 Å². The smallest absolute Gasteiger partial charge is 0.0360 e. The van der Waals surface area contributed by atoms with E-state index in [-0.39, 0.29) is 0 Å². The number of hydrogen-bond acceptors (Lipinski definition) is 2. The third-order valence-electron chi connectivity index (χ3n) is 2.46. The van der Waals surface area contributed by atoms with Crippen LogP contribution in [0, 0.1) is 5.92 Å². The first-order valence-corrected chi connectivity index (χ1v) is 4.75. The minimum absolute atomic E-state index is 0.623. The van der Waals surface area contributed by atoms with Crippen LogP contribution in [-0.4, -0.2) is 25.0 Å². The highest BCUT2D eigenvalue weighted by atomic mass is 14.7. The highest BCUT2D eigenvalue weighted by molar-refractivity contribution is 5.99. The Balaban J connectivity index is 2.59. The zero-order valence-corrected chi connectivity index (χ0v) is 8.30. The first kappa shape index (κ1) is 9.43. The fraction of sp³-hybridized carbons (Fsp3) is 0.800. The Bertz CT molecular complexity index is 204. The first-order valence-electron chi connectivity index (χ1n) is 4.75. The second-order valence-corrected chi connectivity index (χ2v) is 3.36. The molecule has 0 heterocycles. The molecular formula is C10H18N2. The van der Waals surface area contributed by atoms with Gasteiger partial charge in [0.1, 0.15) is 0 Å². The monoisotopic (exact) mass is 166 g/mol. The molecule has 0 aliphatic heterocycles. The van der Waals surface area contributed by atoms with Gasteiger partial charge in [0, 0.05) is 25.0 Å². The van der Waals surface area contributed by atoms with Crippen molar-refractivity contribution >= 4 is 11.4 Å². The highest BCUT2D eigenvalue weighted by Gasteiger charge is 2.19. The average Bonchev–Trinajstić information content (AvgIpc) is 2.09. The van der Waals surface area contributed by atoms with E-state index in [0.29, 0.717) is 5.92 Å². The van der Waals surface area contributed by atoms with E-state index in [0.717, 1.165) is 25.8 Å². The summed E-state index contributed by atoms with van der Waals surface area (Å²) in [6.45, 7) is 5.28. The van der Waals surface area contributed by atoms with Gasteiger partial charge in [0.25, 0.3) is 0 Å². The average molecular weight is 166 g/mol. The molecule has 1 aliphatic carbocycles. The second kappa shape index (κ2) is 4.39. The van der Waals surface area contributed by atoms with Gasteiger partial charge in [0.15, 0.2) is 0 Å². The molecule has 2 heteroatoms. The normalized spacial score (nSPS) is 31.4. The zero-order chi connectivity index (χ0) is 8.97. The lowest BCUT2D eigenvalue weighted by molar-refractivity contribution is 0.738. The molecule has 1 saturated carbocycles. The van der Waals surface area contributed by atoms with E-state index in [1.807, 2.05) is 7.05 Å². The molecule has 0 aromatic carbocycles. The van der Waals surface area contributed by atoms with Crippen molar-refractivity contribution in [1.82, 2.24) is 0 Å². The molecule has 12 heavy (non-hydrogen) atoms. The largest absolute Gasteiger partial charge is 0.297 e. The molecule has 1 atom stereocenters. The number of hydrogen-bond donors (Lipinski definition) is 0. The summed E-state index contributed by atoms with van der Waals surface area (Å²) in [6.07, 6.45) is 3.37. The Morgan fingerprint density at radius 2 is 2.17 bits per heavy atom. The third kappa shape index (κ3) is 2.16. The van der Waals surface area contributed by atoms with E-state index in [1.165, 1.54) is 11.4 Å². The molecule has 1 unspecified atom stereocenters. The lowest BCUT2D eigenvalue weighted by Crippen LogP contribution is -2.23. The summed E-state index contributed by atoms with van der Waals surface area (Å²) < 4.78 is 0. The minimum Gasteiger partial charge on any atom is -0.297 e. The van der Waals surface area contributed by atoms with Gasteiger partial charge < -0.3 is 0 Å². The van der Waals surface area contributed by atoms with Crippen LogP contribution in [0.1, 0.15) is 33.1 Å². The summed E-state index contributed by atoms with van der Waals surface area (Å²) in [5, 5.41) is 0. The zero-order valence-electron chi connectivity index (χ0n) is 8.30. The van der Waals surface area contributed by atoms with Crippen LogP contribution < -0.4 is 0 Å². The maximum atomic E-state index is 4.50. The molecule has 2 nitrogen and oxygen atoms in total. The van der Waals surface area contributed by atoms with E-state index < -0.39 is 0 Å². The summed E-state index contributed by atoms with van der Waals surface area (Å²) in [5.41, 5.74) is 2.75. The van der Waals surface area contributed by atoms with Crippen LogP contribution in [0.2, 0.25) is 0 Å². The van der Waals surface area contributed by atoms with Crippen molar-refractivity contribution in [2.24, 2.45) is 15.9 Å². The molecule has 0 aromatic rings. The van der Waals surface area contributed by atoms with Gasteiger partial charge in [-0.15, -0.1) is 0 Å². The lowest BCUT2D eigenvalue weighted by atomic mass is 9.87. The third-order valence-corrected chi connectivity index (χ3v) is 2.46. The van der Waals surface area contributed by atoms with Crippen molar-refractivity contribution in [3.8, 4) is 0 Å². The van der Waals surface area contributed by atoms with Crippen molar-refractivity contribution in [1.29, 1.82) is 0 Å². The summed E-state index contributed by atoms with van der Waals surface area (Å²) in [5.74, 6) is 0.623. The molecule has 1 fully saturated rings. The molecule has 0 bridgehead atoms. The van der Waals surface area contributed by atoms with Crippen molar-refractivity contribution < 1.29 is 0 Å².